The number of hydrogen-bond donors (Lipinski definition) is 2. The maximum Gasteiger partial charge on any atom is 0.304 e. The second kappa shape index (κ2) is 5.75. The van der Waals surface area contributed by atoms with Gasteiger partial charge in [-0.15, -0.1) is 11.8 Å². The topological polar surface area (TPSA) is 57.5 Å². The van der Waals surface area contributed by atoms with E-state index in [0.717, 1.165) is 0 Å². The van der Waals surface area contributed by atoms with Crippen LogP contribution in [0.2, 0.25) is 0 Å². The van der Waals surface area contributed by atoms with E-state index in [1.165, 1.54) is 0 Å². The highest BCUT2D eigenvalue weighted by Crippen LogP contribution is 1.88. The summed E-state index contributed by atoms with van der Waals surface area (Å²) in [6.07, 6.45) is 0.432. The summed E-state index contributed by atoms with van der Waals surface area (Å²) in [7, 11) is 0. The lowest BCUT2D eigenvalue weighted by molar-refractivity contribution is -0.136. The van der Waals surface area contributed by atoms with E-state index in [1.54, 1.807) is 6.92 Å². The molecular formula is C8H12O3. The summed E-state index contributed by atoms with van der Waals surface area (Å²) in [6.45, 7) is 1.64. The van der Waals surface area contributed by atoms with Crippen LogP contribution >= 0.6 is 0 Å². The van der Waals surface area contributed by atoms with E-state index in [2.05, 4.69) is 11.8 Å². The molecule has 0 fully saturated rings. The molecule has 11 heavy (non-hydrogen) atoms. The molecule has 0 aromatic rings. The molecule has 0 amide bonds. The van der Waals surface area contributed by atoms with Gasteiger partial charge in [-0.05, 0) is 6.92 Å². The van der Waals surface area contributed by atoms with Crippen molar-refractivity contribution in [2.75, 3.05) is 0 Å². The minimum atomic E-state index is -0.837. The fraction of sp³-hybridized carbons (Fsp3) is 0.625. The molecule has 0 aromatic heterocycles. The third kappa shape index (κ3) is 8.99. The second-order valence-corrected chi connectivity index (χ2v) is 2.30. The molecule has 3 nitrogen and oxygen atoms in total. The van der Waals surface area contributed by atoms with Gasteiger partial charge in [0.25, 0.3) is 0 Å². The summed E-state index contributed by atoms with van der Waals surface area (Å²) < 4.78 is 0. The van der Waals surface area contributed by atoms with Gasteiger partial charge in [-0.1, -0.05) is 0 Å². The summed E-state index contributed by atoms with van der Waals surface area (Å²) in [5.41, 5.74) is 0. The highest BCUT2D eigenvalue weighted by atomic mass is 16.4. The lowest BCUT2D eigenvalue weighted by Crippen LogP contribution is -1.96. The SMILES string of the molecule is CC(O)CC#CCCC(=O)O. The minimum Gasteiger partial charge on any atom is -0.481 e. The van der Waals surface area contributed by atoms with E-state index < -0.39 is 12.1 Å². The Morgan fingerprint density at radius 2 is 2.18 bits per heavy atom. The predicted octanol–water partition coefficient (Wildman–Crippen LogP) is 0.625. The second-order valence-electron chi connectivity index (χ2n) is 2.30. The number of aliphatic carboxylic acids is 1. The Labute approximate surface area is 66.0 Å². The zero-order valence-electron chi connectivity index (χ0n) is 6.50. The number of carboxylic acids is 1. The summed E-state index contributed by atoms with van der Waals surface area (Å²) in [6, 6.07) is 0. The van der Waals surface area contributed by atoms with Crippen molar-refractivity contribution in [3.8, 4) is 11.8 Å². The van der Waals surface area contributed by atoms with Crippen LogP contribution in [-0.2, 0) is 4.79 Å². The van der Waals surface area contributed by atoms with Crippen LogP contribution in [0.25, 0.3) is 0 Å². The molecule has 3 heteroatoms. The van der Waals surface area contributed by atoms with Crippen molar-refractivity contribution >= 4 is 5.97 Å². The fourth-order valence-electron chi connectivity index (χ4n) is 0.478. The van der Waals surface area contributed by atoms with Crippen LogP contribution in [0.1, 0.15) is 26.2 Å². The maximum atomic E-state index is 9.98. The van der Waals surface area contributed by atoms with Crippen LogP contribution in [0, 0.1) is 11.8 Å². The molecule has 0 aliphatic carbocycles. The summed E-state index contributed by atoms with van der Waals surface area (Å²) in [4.78, 5) is 9.98. The molecule has 0 saturated carbocycles. The van der Waals surface area contributed by atoms with Crippen molar-refractivity contribution in [1.29, 1.82) is 0 Å². The van der Waals surface area contributed by atoms with Gasteiger partial charge in [-0.3, -0.25) is 4.79 Å². The number of aliphatic hydroxyl groups excluding tert-OH is 1. The normalized spacial score (nSPS) is 11.5. The van der Waals surface area contributed by atoms with Crippen molar-refractivity contribution in [1.82, 2.24) is 0 Å². The van der Waals surface area contributed by atoms with E-state index in [-0.39, 0.29) is 6.42 Å². The monoisotopic (exact) mass is 156 g/mol. The molecule has 1 atom stereocenters. The molecule has 0 bridgehead atoms. The van der Waals surface area contributed by atoms with Gasteiger partial charge in [0.2, 0.25) is 0 Å². The highest BCUT2D eigenvalue weighted by molar-refractivity contribution is 5.66. The Bertz CT molecular complexity index is 174. The fourth-order valence-corrected chi connectivity index (χ4v) is 0.478. The zero-order chi connectivity index (χ0) is 8.69. The first kappa shape index (κ1) is 9.99. The van der Waals surface area contributed by atoms with Crippen LogP contribution in [0.4, 0.5) is 0 Å². The van der Waals surface area contributed by atoms with E-state index in [9.17, 15) is 4.79 Å². The van der Waals surface area contributed by atoms with Crippen molar-refractivity contribution in [2.45, 2.75) is 32.3 Å². The quantitative estimate of drug-likeness (QED) is 0.589. The molecule has 0 heterocycles. The summed E-state index contributed by atoms with van der Waals surface area (Å²) in [5.74, 6) is 4.50. The first-order valence-electron chi connectivity index (χ1n) is 3.48. The molecule has 0 aliphatic rings. The van der Waals surface area contributed by atoms with E-state index in [4.69, 9.17) is 10.2 Å². The molecule has 0 spiro atoms. The highest BCUT2D eigenvalue weighted by Gasteiger charge is 1.92. The van der Waals surface area contributed by atoms with Crippen LogP contribution in [0.15, 0.2) is 0 Å². The molecule has 1 unspecified atom stereocenters. The third-order valence-electron chi connectivity index (χ3n) is 0.986. The lowest BCUT2D eigenvalue weighted by atomic mass is 10.2. The van der Waals surface area contributed by atoms with Crippen molar-refractivity contribution < 1.29 is 15.0 Å². The van der Waals surface area contributed by atoms with Gasteiger partial charge in [-0.2, -0.15) is 0 Å². The summed E-state index contributed by atoms with van der Waals surface area (Å²) >= 11 is 0. The molecule has 0 rings (SSSR count). The van der Waals surface area contributed by atoms with Crippen LogP contribution in [0.5, 0.6) is 0 Å². The number of carbonyl (C=O) groups is 1. The molecule has 0 aromatic carbocycles. The standard InChI is InChI=1S/C8H12O3/c1-7(9)5-3-2-4-6-8(10)11/h7,9H,4-6H2,1H3,(H,10,11). The molecule has 0 radical (unpaired) electrons. The van der Waals surface area contributed by atoms with Gasteiger partial charge in [0.05, 0.1) is 12.5 Å². The number of hydrogen-bond acceptors (Lipinski definition) is 2. The molecule has 0 aliphatic heterocycles. The Balaban J connectivity index is 3.33. The van der Waals surface area contributed by atoms with Gasteiger partial charge < -0.3 is 10.2 Å². The van der Waals surface area contributed by atoms with E-state index in [0.29, 0.717) is 12.8 Å². The molecule has 2 N–H and O–H groups in total. The zero-order valence-corrected chi connectivity index (χ0v) is 6.50. The average molecular weight is 156 g/mol. The lowest BCUT2D eigenvalue weighted by Gasteiger charge is -1.92. The van der Waals surface area contributed by atoms with Gasteiger partial charge in [0, 0.05) is 12.8 Å². The number of aliphatic hydroxyl groups is 1. The predicted molar refractivity (Wildman–Crippen MR) is 40.9 cm³/mol. The maximum absolute atomic E-state index is 9.98. The van der Waals surface area contributed by atoms with Crippen molar-refractivity contribution in [3.63, 3.8) is 0 Å². The van der Waals surface area contributed by atoms with Crippen LogP contribution < -0.4 is 0 Å². The Hall–Kier alpha value is -1.01. The summed E-state index contributed by atoms with van der Waals surface area (Å²) in [5, 5.41) is 16.9. The molecule has 62 valence electrons. The number of carboxylic acid groups (broad SMARTS) is 1. The van der Waals surface area contributed by atoms with Gasteiger partial charge in [0.1, 0.15) is 0 Å². The van der Waals surface area contributed by atoms with Crippen molar-refractivity contribution in [2.24, 2.45) is 0 Å². The van der Waals surface area contributed by atoms with E-state index >= 15 is 0 Å². The largest absolute Gasteiger partial charge is 0.481 e. The first-order chi connectivity index (χ1) is 5.13. The van der Waals surface area contributed by atoms with Gasteiger partial charge in [-0.25, -0.2) is 0 Å². The minimum absolute atomic E-state index is 0.0762. The number of rotatable bonds is 3. The Morgan fingerprint density at radius 1 is 1.55 bits per heavy atom. The molecule has 0 saturated heterocycles. The van der Waals surface area contributed by atoms with Gasteiger partial charge >= 0.3 is 5.97 Å². The van der Waals surface area contributed by atoms with Gasteiger partial charge in [0.15, 0.2) is 0 Å². The third-order valence-corrected chi connectivity index (χ3v) is 0.986. The average Bonchev–Trinajstić information content (AvgIpc) is 1.85. The van der Waals surface area contributed by atoms with Crippen molar-refractivity contribution in [3.05, 3.63) is 0 Å². The van der Waals surface area contributed by atoms with Crippen LogP contribution in [-0.4, -0.2) is 22.3 Å². The molecular weight excluding hydrogens is 144 g/mol. The first-order valence-corrected chi connectivity index (χ1v) is 3.48. The Kier molecular flexibility index (Phi) is 5.22. The van der Waals surface area contributed by atoms with E-state index in [1.807, 2.05) is 0 Å². The smallest absolute Gasteiger partial charge is 0.304 e. The Morgan fingerprint density at radius 3 is 2.64 bits per heavy atom. The van der Waals surface area contributed by atoms with Crippen LogP contribution in [0.3, 0.4) is 0 Å².